The SMILES string of the molecule is CN(C)S(=O)(=O)c1ccc(Cl)c(C(=O)NCCCOc2cccc3cccnc23)c1. The molecule has 9 heteroatoms. The van der Waals surface area contributed by atoms with Crippen molar-refractivity contribution < 1.29 is 17.9 Å². The minimum atomic E-state index is -3.66. The molecule has 7 nitrogen and oxygen atoms in total. The summed E-state index contributed by atoms with van der Waals surface area (Å²) in [6.07, 6.45) is 2.27. The number of ether oxygens (including phenoxy) is 1. The number of nitrogens with one attached hydrogen (secondary N) is 1. The molecule has 0 radical (unpaired) electrons. The zero-order chi connectivity index (χ0) is 21.7. The van der Waals surface area contributed by atoms with Crippen LogP contribution >= 0.6 is 11.6 Å². The number of para-hydroxylation sites is 1. The Balaban J connectivity index is 1.57. The van der Waals surface area contributed by atoms with Gasteiger partial charge in [0.1, 0.15) is 11.3 Å². The van der Waals surface area contributed by atoms with E-state index in [2.05, 4.69) is 10.3 Å². The van der Waals surface area contributed by atoms with E-state index < -0.39 is 15.9 Å². The molecule has 30 heavy (non-hydrogen) atoms. The van der Waals surface area contributed by atoms with E-state index in [0.29, 0.717) is 25.3 Å². The van der Waals surface area contributed by atoms with Crippen LogP contribution in [0.3, 0.4) is 0 Å². The number of benzene rings is 2. The maximum Gasteiger partial charge on any atom is 0.252 e. The van der Waals surface area contributed by atoms with Crippen LogP contribution in [0, 0.1) is 0 Å². The Hall–Kier alpha value is -2.68. The molecule has 1 heterocycles. The normalized spacial score (nSPS) is 11.6. The highest BCUT2D eigenvalue weighted by atomic mass is 35.5. The number of rotatable bonds is 8. The number of amides is 1. The van der Waals surface area contributed by atoms with Crippen molar-refractivity contribution in [2.24, 2.45) is 0 Å². The average molecular weight is 448 g/mol. The third-order valence-corrected chi connectivity index (χ3v) is 6.56. The van der Waals surface area contributed by atoms with Gasteiger partial charge in [-0.15, -0.1) is 0 Å². The molecular formula is C21H22ClN3O4S. The topological polar surface area (TPSA) is 88.6 Å². The Morgan fingerprint density at radius 2 is 1.93 bits per heavy atom. The summed E-state index contributed by atoms with van der Waals surface area (Å²) in [6.45, 7) is 0.733. The Labute approximate surface area is 180 Å². The highest BCUT2D eigenvalue weighted by molar-refractivity contribution is 7.89. The fourth-order valence-corrected chi connectivity index (χ4v) is 3.93. The maximum absolute atomic E-state index is 12.5. The average Bonchev–Trinajstić information content (AvgIpc) is 2.73. The molecule has 0 spiro atoms. The van der Waals surface area contributed by atoms with Crippen molar-refractivity contribution in [2.75, 3.05) is 27.2 Å². The van der Waals surface area contributed by atoms with E-state index >= 15 is 0 Å². The summed E-state index contributed by atoms with van der Waals surface area (Å²) < 4.78 is 31.4. The van der Waals surface area contributed by atoms with Gasteiger partial charge < -0.3 is 10.1 Å². The summed E-state index contributed by atoms with van der Waals surface area (Å²) in [6, 6.07) is 13.6. The second-order valence-corrected chi connectivity index (χ2v) is 9.28. The van der Waals surface area contributed by atoms with Crippen LogP contribution in [-0.2, 0) is 10.0 Å². The molecule has 1 amide bonds. The van der Waals surface area contributed by atoms with Gasteiger partial charge in [0.25, 0.3) is 5.91 Å². The number of fused-ring (bicyclic) bond motifs is 1. The van der Waals surface area contributed by atoms with Gasteiger partial charge in [-0.3, -0.25) is 9.78 Å². The molecule has 1 N–H and O–H groups in total. The van der Waals surface area contributed by atoms with Crippen molar-refractivity contribution in [2.45, 2.75) is 11.3 Å². The highest BCUT2D eigenvalue weighted by Gasteiger charge is 2.20. The molecule has 0 fully saturated rings. The van der Waals surface area contributed by atoms with Crippen LogP contribution in [0.5, 0.6) is 5.75 Å². The standard InChI is InChI=1S/C21H22ClN3O4S/c1-25(2)30(27,28)16-9-10-18(22)17(14-16)21(26)24-12-5-13-29-19-8-3-6-15-7-4-11-23-20(15)19/h3-4,6-11,14H,5,12-13H2,1-2H3,(H,24,26). The summed E-state index contributed by atoms with van der Waals surface area (Å²) in [5, 5.41) is 3.92. The van der Waals surface area contributed by atoms with Gasteiger partial charge in [-0.25, -0.2) is 12.7 Å². The zero-order valence-corrected chi connectivity index (χ0v) is 18.2. The van der Waals surface area contributed by atoms with Gasteiger partial charge in [0.15, 0.2) is 0 Å². The number of sulfonamides is 1. The van der Waals surface area contributed by atoms with Crippen LogP contribution in [-0.4, -0.2) is 50.9 Å². The van der Waals surface area contributed by atoms with Crippen LogP contribution < -0.4 is 10.1 Å². The van der Waals surface area contributed by atoms with Gasteiger partial charge >= 0.3 is 0 Å². The molecule has 0 aliphatic rings. The number of carbonyl (C=O) groups is 1. The minimum Gasteiger partial charge on any atom is -0.491 e. The van der Waals surface area contributed by atoms with Crippen LogP contribution in [0.25, 0.3) is 10.9 Å². The van der Waals surface area contributed by atoms with Gasteiger partial charge in [-0.05, 0) is 36.8 Å². The lowest BCUT2D eigenvalue weighted by Gasteiger charge is -2.13. The summed E-state index contributed by atoms with van der Waals surface area (Å²) in [5.74, 6) is 0.242. The molecule has 1 aromatic heterocycles. The first-order valence-corrected chi connectivity index (χ1v) is 11.1. The molecule has 2 aromatic carbocycles. The molecule has 3 rings (SSSR count). The van der Waals surface area contributed by atoms with Gasteiger partial charge in [0.05, 0.1) is 22.1 Å². The zero-order valence-electron chi connectivity index (χ0n) is 16.6. The smallest absolute Gasteiger partial charge is 0.252 e. The lowest BCUT2D eigenvalue weighted by Crippen LogP contribution is -2.27. The number of aromatic nitrogens is 1. The molecule has 0 saturated carbocycles. The molecule has 0 bridgehead atoms. The summed E-state index contributed by atoms with van der Waals surface area (Å²) in [4.78, 5) is 16.8. The maximum atomic E-state index is 12.5. The predicted octanol–water partition coefficient (Wildman–Crippen LogP) is 3.34. The highest BCUT2D eigenvalue weighted by Crippen LogP contribution is 2.23. The van der Waals surface area contributed by atoms with E-state index in [1.54, 1.807) is 6.20 Å². The molecule has 3 aromatic rings. The third-order valence-electron chi connectivity index (χ3n) is 4.42. The van der Waals surface area contributed by atoms with Crippen LogP contribution in [0.15, 0.2) is 59.6 Å². The summed E-state index contributed by atoms with van der Waals surface area (Å²) in [7, 11) is -0.807. The lowest BCUT2D eigenvalue weighted by atomic mass is 10.2. The van der Waals surface area contributed by atoms with Crippen LogP contribution in [0.2, 0.25) is 5.02 Å². The van der Waals surface area contributed by atoms with Gasteiger partial charge in [-0.2, -0.15) is 0 Å². The number of carbonyl (C=O) groups excluding carboxylic acids is 1. The van der Waals surface area contributed by atoms with Crippen molar-refractivity contribution in [3.05, 3.63) is 65.3 Å². The first kappa shape index (κ1) is 22.0. The largest absolute Gasteiger partial charge is 0.491 e. The number of pyridine rings is 1. The molecule has 0 saturated heterocycles. The molecule has 158 valence electrons. The molecular weight excluding hydrogens is 426 g/mol. The Bertz CT molecular complexity index is 1160. The van der Waals surface area contributed by atoms with Gasteiger partial charge in [-0.1, -0.05) is 29.8 Å². The van der Waals surface area contributed by atoms with E-state index in [0.717, 1.165) is 15.2 Å². The van der Waals surface area contributed by atoms with Crippen molar-refractivity contribution in [1.29, 1.82) is 0 Å². The van der Waals surface area contributed by atoms with Crippen molar-refractivity contribution >= 4 is 38.4 Å². The number of halogens is 1. The van der Waals surface area contributed by atoms with Crippen molar-refractivity contribution in [3.8, 4) is 5.75 Å². The van der Waals surface area contributed by atoms with E-state index in [1.165, 1.54) is 32.3 Å². The van der Waals surface area contributed by atoms with Crippen LogP contribution in [0.4, 0.5) is 0 Å². The first-order valence-electron chi connectivity index (χ1n) is 9.27. The lowest BCUT2D eigenvalue weighted by molar-refractivity contribution is 0.0951. The quantitative estimate of drug-likeness (QED) is 0.535. The Morgan fingerprint density at radius 1 is 1.17 bits per heavy atom. The number of hydrogen-bond acceptors (Lipinski definition) is 5. The summed E-state index contributed by atoms with van der Waals surface area (Å²) in [5.41, 5.74) is 0.897. The first-order chi connectivity index (χ1) is 14.3. The van der Waals surface area contributed by atoms with Crippen LogP contribution in [0.1, 0.15) is 16.8 Å². The second kappa shape index (κ2) is 9.42. The number of hydrogen-bond donors (Lipinski definition) is 1. The van der Waals surface area contributed by atoms with Gasteiger partial charge in [0.2, 0.25) is 10.0 Å². The molecule has 0 atom stereocenters. The third kappa shape index (κ3) is 4.89. The summed E-state index contributed by atoms with van der Waals surface area (Å²) >= 11 is 6.10. The fourth-order valence-electron chi connectivity index (χ4n) is 2.79. The monoisotopic (exact) mass is 447 g/mol. The number of nitrogens with zero attached hydrogens (tertiary/aromatic N) is 2. The Kier molecular flexibility index (Phi) is 6.91. The van der Waals surface area contributed by atoms with E-state index in [1.807, 2.05) is 30.3 Å². The van der Waals surface area contributed by atoms with E-state index in [-0.39, 0.29) is 15.5 Å². The van der Waals surface area contributed by atoms with Crippen molar-refractivity contribution in [1.82, 2.24) is 14.6 Å². The fraction of sp³-hybridized carbons (Fsp3) is 0.238. The Morgan fingerprint density at radius 3 is 2.70 bits per heavy atom. The van der Waals surface area contributed by atoms with E-state index in [9.17, 15) is 13.2 Å². The molecule has 0 aliphatic heterocycles. The molecule has 0 unspecified atom stereocenters. The second-order valence-electron chi connectivity index (χ2n) is 6.72. The van der Waals surface area contributed by atoms with E-state index in [4.69, 9.17) is 16.3 Å². The molecule has 0 aliphatic carbocycles. The van der Waals surface area contributed by atoms with Gasteiger partial charge in [0, 0.05) is 32.2 Å². The predicted molar refractivity (Wildman–Crippen MR) is 117 cm³/mol. The minimum absolute atomic E-state index is 0.00818. The van der Waals surface area contributed by atoms with Crippen molar-refractivity contribution in [3.63, 3.8) is 0 Å².